The van der Waals surface area contributed by atoms with Crippen LogP contribution in [0, 0.1) is 24.9 Å². The number of carbonyl (C=O) groups excluding carboxylic acids is 1. The van der Waals surface area contributed by atoms with Gasteiger partial charge in [-0.15, -0.1) is 11.1 Å². The molecule has 0 radical (unpaired) electrons. The normalized spacial score (nSPS) is 10.0. The summed E-state index contributed by atoms with van der Waals surface area (Å²) in [6.45, 7) is 1.54. The van der Waals surface area contributed by atoms with Crippen LogP contribution in [0.3, 0.4) is 0 Å². The van der Waals surface area contributed by atoms with Gasteiger partial charge in [-0.2, -0.15) is 11.6 Å². The fraction of sp³-hybridized carbons (Fsp3) is 0.182. The predicted octanol–water partition coefficient (Wildman–Crippen LogP) is -0.419. The first-order valence-corrected chi connectivity index (χ1v) is 4.48. The van der Waals surface area contributed by atoms with Crippen LogP contribution in [0.1, 0.15) is 11.1 Å². The average molecular weight is 266 g/mol. The van der Waals surface area contributed by atoms with Crippen molar-refractivity contribution in [3.8, 4) is 0 Å². The Bertz CT molecular complexity index is 419. The maximum atomic E-state index is 13.0. The van der Waals surface area contributed by atoms with Gasteiger partial charge in [-0.3, -0.25) is 14.7 Å². The molecule has 2 nitrogen and oxygen atoms in total. The maximum absolute atomic E-state index is 13.0. The van der Waals surface area contributed by atoms with Gasteiger partial charge in [-0.05, 0) is 0 Å². The molecule has 0 aliphatic heterocycles. The zero-order valence-electron chi connectivity index (χ0n) is 9.23. The van der Waals surface area contributed by atoms with E-state index in [-0.39, 0.29) is 56.4 Å². The molecule has 0 saturated heterocycles. The van der Waals surface area contributed by atoms with Gasteiger partial charge in [0, 0.05) is 5.82 Å². The van der Waals surface area contributed by atoms with Crippen molar-refractivity contribution in [2.45, 2.75) is 6.92 Å². The van der Waals surface area contributed by atoms with Crippen molar-refractivity contribution in [2.75, 3.05) is 7.11 Å². The number of methoxy groups -OCH3 is 1. The molecule has 0 aliphatic carbocycles. The number of rotatable bonds is 2. The van der Waals surface area contributed by atoms with Gasteiger partial charge >= 0.3 is 51.4 Å². The molecule has 0 aromatic heterocycles. The smallest absolute Gasteiger partial charge is 0.480 e. The number of esters is 1. The molecule has 0 heterocycles. The van der Waals surface area contributed by atoms with Crippen molar-refractivity contribution in [1.82, 2.24) is 0 Å². The molecular formula is C11H8ClFKO2-. The molecule has 0 saturated carbocycles. The van der Waals surface area contributed by atoms with Gasteiger partial charge < -0.3 is 10.8 Å². The Morgan fingerprint density at radius 2 is 2.31 bits per heavy atom. The van der Waals surface area contributed by atoms with E-state index in [2.05, 4.69) is 16.9 Å². The largest absolute Gasteiger partial charge is 1.00 e. The summed E-state index contributed by atoms with van der Waals surface area (Å²) in [5.41, 5.74) is 0.717. The fourth-order valence-corrected chi connectivity index (χ4v) is 1.11. The summed E-state index contributed by atoms with van der Waals surface area (Å²) in [5, 5.41) is 0.214. The number of hydrogen-bond acceptors (Lipinski definition) is 2. The SMILES string of the molecule is COC(=O)[C-]=Cc1[c-]cc(F)c(C)c1Cl.[K+]. The summed E-state index contributed by atoms with van der Waals surface area (Å²) in [6.07, 6.45) is 3.62. The van der Waals surface area contributed by atoms with Gasteiger partial charge in [0.15, 0.2) is 0 Å². The summed E-state index contributed by atoms with van der Waals surface area (Å²) >= 11 is 5.83. The molecule has 0 unspecified atom stereocenters. The molecule has 1 aromatic rings. The van der Waals surface area contributed by atoms with Crippen molar-refractivity contribution >= 4 is 23.6 Å². The van der Waals surface area contributed by atoms with E-state index in [4.69, 9.17) is 11.6 Å². The van der Waals surface area contributed by atoms with Crippen molar-refractivity contribution in [3.05, 3.63) is 40.2 Å². The van der Waals surface area contributed by atoms with Crippen LogP contribution in [0.25, 0.3) is 6.08 Å². The standard InChI is InChI=1S/C11H8ClFO2.K/c1-7-9(13)5-3-8(11(7)12)4-6-10(14)15-2;/h4-5H,1-2H3;/q-2;+1. The van der Waals surface area contributed by atoms with Gasteiger partial charge in [-0.1, -0.05) is 12.5 Å². The number of carbonyl (C=O) groups is 1. The van der Waals surface area contributed by atoms with Crippen LogP contribution in [0.4, 0.5) is 4.39 Å². The Morgan fingerprint density at radius 1 is 1.69 bits per heavy atom. The van der Waals surface area contributed by atoms with Crippen molar-refractivity contribution in [2.24, 2.45) is 0 Å². The summed E-state index contributed by atoms with van der Waals surface area (Å²) in [6, 6.07) is 3.75. The third-order valence-electron chi connectivity index (χ3n) is 1.80. The molecule has 0 bridgehead atoms. The molecule has 80 valence electrons. The summed E-state index contributed by atoms with van der Waals surface area (Å²) in [5.74, 6) is -1.06. The predicted molar refractivity (Wildman–Crippen MR) is 54.7 cm³/mol. The topological polar surface area (TPSA) is 26.3 Å². The van der Waals surface area contributed by atoms with Crippen molar-refractivity contribution < 1.29 is 65.3 Å². The minimum absolute atomic E-state index is 0. The van der Waals surface area contributed by atoms with E-state index in [1.165, 1.54) is 13.2 Å². The van der Waals surface area contributed by atoms with Crippen LogP contribution in [-0.4, -0.2) is 13.1 Å². The van der Waals surface area contributed by atoms with Crippen molar-refractivity contribution in [3.63, 3.8) is 0 Å². The quantitative estimate of drug-likeness (QED) is 0.314. The number of benzene rings is 1. The molecule has 1 rings (SSSR count). The number of ether oxygens (including phenoxy) is 1. The molecule has 16 heavy (non-hydrogen) atoms. The molecule has 0 aliphatic rings. The molecule has 0 amide bonds. The molecule has 5 heteroatoms. The molecule has 0 N–H and O–H groups in total. The molecule has 0 fully saturated rings. The second kappa shape index (κ2) is 7.58. The zero-order valence-corrected chi connectivity index (χ0v) is 13.1. The number of hydrogen-bond donors (Lipinski definition) is 0. The first kappa shape index (κ1) is 16.3. The van der Waals surface area contributed by atoms with Crippen LogP contribution in [0.5, 0.6) is 0 Å². The van der Waals surface area contributed by atoms with Gasteiger partial charge in [0.05, 0.1) is 7.11 Å². The number of halogens is 2. The molecule has 0 spiro atoms. The van der Waals surface area contributed by atoms with E-state index in [0.29, 0.717) is 11.1 Å². The molecule has 1 aromatic carbocycles. The van der Waals surface area contributed by atoms with Crippen LogP contribution in [0.15, 0.2) is 6.07 Å². The van der Waals surface area contributed by atoms with E-state index >= 15 is 0 Å². The minimum atomic E-state index is -0.624. The van der Waals surface area contributed by atoms with Gasteiger partial charge in [0.2, 0.25) is 5.97 Å². The third kappa shape index (κ3) is 4.28. The Hall–Kier alpha value is 0.286. The average Bonchev–Trinajstić information content (AvgIpc) is 2.24. The van der Waals surface area contributed by atoms with Crippen LogP contribution >= 0.6 is 11.6 Å². The Balaban J connectivity index is 0.00000225. The minimum Gasteiger partial charge on any atom is -0.480 e. The van der Waals surface area contributed by atoms with E-state index in [9.17, 15) is 9.18 Å². The van der Waals surface area contributed by atoms with Gasteiger partial charge in [0.25, 0.3) is 0 Å². The van der Waals surface area contributed by atoms with Crippen LogP contribution < -0.4 is 51.4 Å². The first-order valence-electron chi connectivity index (χ1n) is 4.10. The Kier molecular flexibility index (Phi) is 7.72. The van der Waals surface area contributed by atoms with E-state index in [1.807, 2.05) is 0 Å². The second-order valence-electron chi connectivity index (χ2n) is 2.77. The molecule has 0 atom stereocenters. The van der Waals surface area contributed by atoms with Crippen LogP contribution in [0.2, 0.25) is 5.02 Å². The molecular weight excluding hydrogens is 258 g/mol. The third-order valence-corrected chi connectivity index (χ3v) is 2.29. The zero-order chi connectivity index (χ0) is 11.4. The van der Waals surface area contributed by atoms with E-state index in [0.717, 1.165) is 6.07 Å². The fourth-order valence-electron chi connectivity index (χ4n) is 0.915. The second-order valence-corrected chi connectivity index (χ2v) is 3.15. The first-order chi connectivity index (χ1) is 7.06. The Labute approximate surface area is 141 Å². The van der Waals surface area contributed by atoms with Gasteiger partial charge in [0.1, 0.15) is 0 Å². The van der Waals surface area contributed by atoms with Gasteiger partial charge in [-0.25, -0.2) is 12.1 Å². The summed E-state index contributed by atoms with van der Waals surface area (Å²) in [4.78, 5) is 10.8. The Morgan fingerprint density at radius 3 is 2.88 bits per heavy atom. The van der Waals surface area contributed by atoms with E-state index in [1.54, 1.807) is 6.92 Å². The monoisotopic (exact) mass is 265 g/mol. The summed E-state index contributed by atoms with van der Waals surface area (Å²) in [7, 11) is 1.24. The summed E-state index contributed by atoms with van der Waals surface area (Å²) < 4.78 is 17.3. The van der Waals surface area contributed by atoms with Crippen molar-refractivity contribution in [1.29, 1.82) is 0 Å². The maximum Gasteiger partial charge on any atom is 1.00 e. The van der Waals surface area contributed by atoms with E-state index < -0.39 is 11.8 Å². The van der Waals surface area contributed by atoms with Crippen LogP contribution in [-0.2, 0) is 9.53 Å².